The topological polar surface area (TPSA) is 56.5 Å². The number of rotatable bonds is 4. The predicted molar refractivity (Wildman–Crippen MR) is 73.2 cm³/mol. The molecule has 0 aliphatic carbocycles. The van der Waals surface area contributed by atoms with E-state index in [9.17, 15) is 9.59 Å². The van der Waals surface area contributed by atoms with Gasteiger partial charge in [0.1, 0.15) is 5.76 Å². The van der Waals surface area contributed by atoms with Crippen molar-refractivity contribution in [3.05, 3.63) is 46.1 Å². The molecule has 19 heavy (non-hydrogen) atoms. The summed E-state index contributed by atoms with van der Waals surface area (Å²) in [6.07, 6.45) is 0.617. The molecule has 0 spiro atoms. The summed E-state index contributed by atoms with van der Waals surface area (Å²) in [5.74, 6) is 0.244. The summed E-state index contributed by atoms with van der Waals surface area (Å²) >= 11 is 3.31. The lowest BCUT2D eigenvalue weighted by Crippen LogP contribution is -2.06. The number of furan rings is 1. The Hall–Kier alpha value is -1.88. The summed E-state index contributed by atoms with van der Waals surface area (Å²) in [5, 5.41) is 0. The molecule has 0 saturated heterocycles. The second kappa shape index (κ2) is 5.84. The van der Waals surface area contributed by atoms with Gasteiger partial charge < -0.3 is 9.15 Å². The molecule has 4 nitrogen and oxygen atoms in total. The maximum absolute atomic E-state index is 11.9. The van der Waals surface area contributed by atoms with Crippen molar-refractivity contribution in [3.63, 3.8) is 0 Å². The Morgan fingerprint density at radius 2 is 2.16 bits per heavy atom. The lowest BCUT2D eigenvalue weighted by Gasteiger charge is -2.07. The SMILES string of the molecule is CCOC(=O)c1cc(Br)ccc1-c1ccc(C=O)o1. The smallest absolute Gasteiger partial charge is 0.338 e. The predicted octanol–water partition coefficient (Wildman–Crippen LogP) is 3.70. The van der Waals surface area contributed by atoms with Crippen LogP contribution in [0.15, 0.2) is 39.2 Å². The van der Waals surface area contributed by atoms with Crippen LogP contribution < -0.4 is 0 Å². The van der Waals surface area contributed by atoms with Crippen LogP contribution in [-0.4, -0.2) is 18.9 Å². The minimum atomic E-state index is -0.428. The van der Waals surface area contributed by atoms with Gasteiger partial charge in [-0.2, -0.15) is 0 Å². The van der Waals surface area contributed by atoms with Crippen LogP contribution in [0.3, 0.4) is 0 Å². The van der Waals surface area contributed by atoms with Crippen molar-refractivity contribution in [2.24, 2.45) is 0 Å². The number of carbonyl (C=O) groups excluding carboxylic acids is 2. The Labute approximate surface area is 118 Å². The van der Waals surface area contributed by atoms with Crippen molar-refractivity contribution in [3.8, 4) is 11.3 Å². The average Bonchev–Trinajstić information content (AvgIpc) is 2.87. The quantitative estimate of drug-likeness (QED) is 0.636. The fraction of sp³-hybridized carbons (Fsp3) is 0.143. The number of hydrogen-bond acceptors (Lipinski definition) is 4. The van der Waals surface area contributed by atoms with Crippen LogP contribution in [0.4, 0.5) is 0 Å². The van der Waals surface area contributed by atoms with E-state index in [1.54, 1.807) is 37.3 Å². The van der Waals surface area contributed by atoms with Gasteiger partial charge in [0.2, 0.25) is 0 Å². The third-order valence-electron chi connectivity index (χ3n) is 2.49. The molecule has 0 amide bonds. The van der Waals surface area contributed by atoms with Crippen molar-refractivity contribution in [2.75, 3.05) is 6.61 Å². The number of ether oxygens (including phenoxy) is 1. The van der Waals surface area contributed by atoms with Crippen LogP contribution in [0, 0.1) is 0 Å². The van der Waals surface area contributed by atoms with E-state index in [4.69, 9.17) is 9.15 Å². The Morgan fingerprint density at radius 3 is 2.79 bits per heavy atom. The highest BCUT2D eigenvalue weighted by Gasteiger charge is 2.16. The normalized spacial score (nSPS) is 10.2. The van der Waals surface area contributed by atoms with Gasteiger partial charge in [0, 0.05) is 10.0 Å². The molecule has 0 radical (unpaired) electrons. The first kappa shape index (κ1) is 13.5. The second-order valence-corrected chi connectivity index (χ2v) is 4.65. The number of esters is 1. The molecule has 1 heterocycles. The van der Waals surface area contributed by atoms with E-state index in [1.165, 1.54) is 0 Å². The van der Waals surface area contributed by atoms with Gasteiger partial charge in [-0.25, -0.2) is 4.79 Å². The van der Waals surface area contributed by atoms with Gasteiger partial charge in [-0.05, 0) is 37.3 Å². The number of carbonyl (C=O) groups is 2. The van der Waals surface area contributed by atoms with Gasteiger partial charge in [0.05, 0.1) is 12.2 Å². The molecule has 1 aromatic heterocycles. The highest BCUT2D eigenvalue weighted by molar-refractivity contribution is 9.10. The summed E-state index contributed by atoms with van der Waals surface area (Å²) in [4.78, 5) is 22.5. The molecular weight excluding hydrogens is 312 g/mol. The van der Waals surface area contributed by atoms with E-state index in [-0.39, 0.29) is 5.76 Å². The van der Waals surface area contributed by atoms with E-state index in [1.807, 2.05) is 0 Å². The number of hydrogen-bond donors (Lipinski definition) is 0. The largest absolute Gasteiger partial charge is 0.462 e. The van der Waals surface area contributed by atoms with Gasteiger partial charge in [-0.3, -0.25) is 4.79 Å². The van der Waals surface area contributed by atoms with Crippen LogP contribution in [0.1, 0.15) is 27.8 Å². The molecule has 0 aliphatic heterocycles. The fourth-order valence-electron chi connectivity index (χ4n) is 1.67. The Morgan fingerprint density at radius 1 is 1.37 bits per heavy atom. The highest BCUT2D eigenvalue weighted by atomic mass is 79.9. The van der Waals surface area contributed by atoms with E-state index in [2.05, 4.69) is 15.9 Å². The number of halogens is 1. The van der Waals surface area contributed by atoms with Gasteiger partial charge in [-0.15, -0.1) is 0 Å². The molecule has 0 fully saturated rings. The first-order chi connectivity index (χ1) is 9.15. The first-order valence-corrected chi connectivity index (χ1v) is 6.47. The molecule has 0 saturated carbocycles. The van der Waals surface area contributed by atoms with Gasteiger partial charge in [-0.1, -0.05) is 15.9 Å². The molecule has 0 unspecified atom stereocenters. The molecule has 0 aliphatic rings. The molecule has 1 aromatic carbocycles. The summed E-state index contributed by atoms with van der Waals surface area (Å²) in [6, 6.07) is 8.40. The van der Waals surface area contributed by atoms with Crippen molar-refractivity contribution in [1.82, 2.24) is 0 Å². The van der Waals surface area contributed by atoms with Crippen molar-refractivity contribution < 1.29 is 18.7 Å². The third kappa shape index (κ3) is 2.93. The van der Waals surface area contributed by atoms with E-state index in [0.29, 0.717) is 29.8 Å². The molecule has 5 heteroatoms. The van der Waals surface area contributed by atoms with Crippen molar-refractivity contribution in [1.29, 1.82) is 0 Å². The number of aldehydes is 1. The zero-order valence-electron chi connectivity index (χ0n) is 10.2. The summed E-state index contributed by atoms with van der Waals surface area (Å²) in [6.45, 7) is 2.04. The summed E-state index contributed by atoms with van der Waals surface area (Å²) in [5.41, 5.74) is 0.984. The minimum absolute atomic E-state index is 0.215. The molecule has 0 atom stereocenters. The van der Waals surface area contributed by atoms with Crippen LogP contribution in [0.25, 0.3) is 11.3 Å². The summed E-state index contributed by atoms with van der Waals surface area (Å²) in [7, 11) is 0. The Balaban J connectivity index is 2.49. The summed E-state index contributed by atoms with van der Waals surface area (Å²) < 4.78 is 11.1. The highest BCUT2D eigenvalue weighted by Crippen LogP contribution is 2.28. The molecule has 0 bridgehead atoms. The third-order valence-corrected chi connectivity index (χ3v) is 2.98. The van der Waals surface area contributed by atoms with Crippen molar-refractivity contribution >= 4 is 28.2 Å². The van der Waals surface area contributed by atoms with Crippen LogP contribution >= 0.6 is 15.9 Å². The first-order valence-electron chi connectivity index (χ1n) is 5.67. The van der Waals surface area contributed by atoms with E-state index >= 15 is 0 Å². The van der Waals surface area contributed by atoms with Crippen LogP contribution in [0.5, 0.6) is 0 Å². The Kier molecular flexibility index (Phi) is 4.16. The zero-order valence-corrected chi connectivity index (χ0v) is 11.8. The van der Waals surface area contributed by atoms with Gasteiger partial charge in [0.15, 0.2) is 12.0 Å². The van der Waals surface area contributed by atoms with Crippen LogP contribution in [0.2, 0.25) is 0 Å². The average molecular weight is 323 g/mol. The molecular formula is C14H11BrO4. The standard InChI is InChI=1S/C14H11BrO4/c1-2-18-14(17)12-7-9(15)3-5-11(12)13-6-4-10(8-16)19-13/h3-8H,2H2,1H3. The van der Waals surface area contributed by atoms with E-state index in [0.717, 1.165) is 4.47 Å². The monoisotopic (exact) mass is 322 g/mol. The molecule has 2 rings (SSSR count). The second-order valence-electron chi connectivity index (χ2n) is 3.73. The minimum Gasteiger partial charge on any atom is -0.462 e. The fourth-order valence-corrected chi connectivity index (χ4v) is 2.03. The number of benzene rings is 1. The van der Waals surface area contributed by atoms with Gasteiger partial charge in [0.25, 0.3) is 0 Å². The Bertz CT molecular complexity index is 616. The zero-order chi connectivity index (χ0) is 13.8. The lowest BCUT2D eigenvalue weighted by molar-refractivity contribution is 0.0527. The van der Waals surface area contributed by atoms with Crippen molar-refractivity contribution in [2.45, 2.75) is 6.92 Å². The molecule has 98 valence electrons. The maximum Gasteiger partial charge on any atom is 0.338 e. The molecule has 0 N–H and O–H groups in total. The lowest BCUT2D eigenvalue weighted by atomic mass is 10.1. The van der Waals surface area contributed by atoms with Gasteiger partial charge >= 0.3 is 5.97 Å². The maximum atomic E-state index is 11.9. The van der Waals surface area contributed by atoms with Crippen LogP contribution in [-0.2, 0) is 4.74 Å². The molecule has 2 aromatic rings. The van der Waals surface area contributed by atoms with E-state index < -0.39 is 5.97 Å².